The fourth-order valence-electron chi connectivity index (χ4n) is 9.71. The van der Waals surface area contributed by atoms with Crippen molar-refractivity contribution in [1.29, 1.82) is 0 Å². The summed E-state index contributed by atoms with van der Waals surface area (Å²) in [6, 6.07) is 76.1. The molecule has 0 saturated heterocycles. The molecular weight excluding hydrogens is 707 g/mol. The molecule has 3 heteroatoms. The lowest BCUT2D eigenvalue weighted by Crippen LogP contribution is -2.32. The Morgan fingerprint density at radius 1 is 0.345 bits per heavy atom. The van der Waals surface area contributed by atoms with E-state index in [-0.39, 0.29) is 0 Å². The second-order valence-corrected chi connectivity index (χ2v) is 15.2. The lowest BCUT2D eigenvalue weighted by molar-refractivity contribution is 0.436. The third kappa shape index (κ3) is 4.74. The summed E-state index contributed by atoms with van der Waals surface area (Å²) < 4.78 is 13.0. The number of anilines is 3. The van der Waals surface area contributed by atoms with E-state index in [0.717, 1.165) is 78.3 Å². The van der Waals surface area contributed by atoms with Crippen LogP contribution in [0.15, 0.2) is 217 Å². The molecule has 1 aliphatic carbocycles. The van der Waals surface area contributed by atoms with Crippen molar-refractivity contribution in [3.8, 4) is 44.9 Å². The Balaban J connectivity index is 1.02. The molecule has 58 heavy (non-hydrogen) atoms. The lowest BCUT2D eigenvalue weighted by Gasteiger charge is -2.39. The second-order valence-electron chi connectivity index (χ2n) is 15.2. The van der Waals surface area contributed by atoms with E-state index in [0.29, 0.717) is 0 Å². The molecule has 9 aromatic carbocycles. The van der Waals surface area contributed by atoms with E-state index in [2.05, 4.69) is 205 Å². The van der Waals surface area contributed by atoms with E-state index in [9.17, 15) is 0 Å². The van der Waals surface area contributed by atoms with Gasteiger partial charge in [0.2, 0.25) is 0 Å². The van der Waals surface area contributed by atoms with Gasteiger partial charge in [-0.3, -0.25) is 0 Å². The summed E-state index contributed by atoms with van der Waals surface area (Å²) in [5.74, 6) is 1.78. The predicted molar refractivity (Wildman–Crippen MR) is 237 cm³/mol. The van der Waals surface area contributed by atoms with Crippen LogP contribution in [0, 0.1) is 0 Å². The van der Waals surface area contributed by atoms with E-state index >= 15 is 0 Å². The number of nitrogens with zero attached hydrogens (tertiary/aromatic N) is 1. The topological polar surface area (TPSA) is 25.6 Å². The Morgan fingerprint density at radius 2 is 0.897 bits per heavy atom. The molecule has 0 saturated carbocycles. The van der Waals surface area contributed by atoms with Crippen LogP contribution in [0.25, 0.3) is 55.3 Å². The first-order valence-electron chi connectivity index (χ1n) is 19.8. The molecule has 1 aromatic heterocycles. The molecule has 3 nitrogen and oxygen atoms in total. The Morgan fingerprint density at radius 3 is 1.69 bits per heavy atom. The van der Waals surface area contributed by atoms with Gasteiger partial charge in [-0.25, -0.2) is 0 Å². The molecular formula is C55H35NO2. The highest BCUT2D eigenvalue weighted by molar-refractivity contribution is 6.12. The highest BCUT2D eigenvalue weighted by Crippen LogP contribution is 2.62. The molecule has 1 spiro atoms. The molecule has 12 rings (SSSR count). The Hall–Kier alpha value is -7.62. The van der Waals surface area contributed by atoms with Gasteiger partial charge in [0.25, 0.3) is 0 Å². The quantitative estimate of drug-likeness (QED) is 0.176. The fourth-order valence-corrected chi connectivity index (χ4v) is 9.71. The van der Waals surface area contributed by atoms with Gasteiger partial charge in [-0.2, -0.15) is 0 Å². The van der Waals surface area contributed by atoms with Gasteiger partial charge in [-0.15, -0.1) is 0 Å². The van der Waals surface area contributed by atoms with Crippen LogP contribution in [0.1, 0.15) is 22.3 Å². The minimum atomic E-state index is -0.523. The van der Waals surface area contributed by atoms with Gasteiger partial charge in [0.05, 0.1) is 5.41 Å². The van der Waals surface area contributed by atoms with E-state index in [1.807, 2.05) is 12.1 Å². The molecule has 0 N–H and O–H groups in total. The van der Waals surface area contributed by atoms with Gasteiger partial charge in [0, 0.05) is 39.0 Å². The summed E-state index contributed by atoms with van der Waals surface area (Å²) in [5, 5.41) is 2.25. The molecule has 2 aliphatic rings. The number of furan rings is 1. The summed E-state index contributed by atoms with van der Waals surface area (Å²) in [7, 11) is 0. The molecule has 0 fully saturated rings. The number of benzene rings is 9. The highest BCUT2D eigenvalue weighted by Gasteiger charge is 2.51. The van der Waals surface area contributed by atoms with Gasteiger partial charge in [-0.05, 0) is 111 Å². The first-order valence-corrected chi connectivity index (χ1v) is 19.8. The molecule has 2 heterocycles. The summed E-state index contributed by atoms with van der Waals surface area (Å²) in [4.78, 5) is 2.35. The summed E-state index contributed by atoms with van der Waals surface area (Å²) in [6.07, 6.45) is 0. The lowest BCUT2D eigenvalue weighted by atomic mass is 9.66. The summed E-state index contributed by atoms with van der Waals surface area (Å²) >= 11 is 0. The molecule has 10 aromatic rings. The Kier molecular flexibility index (Phi) is 7.14. The minimum absolute atomic E-state index is 0.523. The van der Waals surface area contributed by atoms with Crippen LogP contribution in [-0.4, -0.2) is 0 Å². The Labute approximate surface area is 336 Å². The zero-order valence-electron chi connectivity index (χ0n) is 31.5. The molecule has 272 valence electrons. The number of fused-ring (bicyclic) bond motifs is 12. The first-order chi connectivity index (χ1) is 28.8. The number of rotatable bonds is 5. The van der Waals surface area contributed by atoms with Crippen molar-refractivity contribution < 1.29 is 9.15 Å². The fraction of sp³-hybridized carbons (Fsp3) is 0.0182. The van der Waals surface area contributed by atoms with Crippen LogP contribution in [0.3, 0.4) is 0 Å². The molecule has 1 aliphatic heterocycles. The van der Waals surface area contributed by atoms with Crippen molar-refractivity contribution in [3.05, 3.63) is 235 Å². The highest BCUT2D eigenvalue weighted by atomic mass is 16.5. The zero-order valence-corrected chi connectivity index (χ0v) is 31.5. The van der Waals surface area contributed by atoms with Crippen molar-refractivity contribution in [2.24, 2.45) is 0 Å². The van der Waals surface area contributed by atoms with E-state index in [1.165, 1.54) is 27.8 Å². The van der Waals surface area contributed by atoms with Gasteiger partial charge in [0.1, 0.15) is 22.7 Å². The average molecular weight is 742 g/mol. The predicted octanol–water partition coefficient (Wildman–Crippen LogP) is 14.9. The van der Waals surface area contributed by atoms with Crippen molar-refractivity contribution in [1.82, 2.24) is 0 Å². The molecule has 0 amide bonds. The average Bonchev–Trinajstić information content (AvgIpc) is 3.82. The third-order valence-electron chi connectivity index (χ3n) is 12.1. The van der Waals surface area contributed by atoms with Crippen molar-refractivity contribution in [3.63, 3.8) is 0 Å². The molecule has 0 atom stereocenters. The summed E-state index contributed by atoms with van der Waals surface area (Å²) in [5.41, 5.74) is 16.4. The molecule has 0 radical (unpaired) electrons. The third-order valence-corrected chi connectivity index (χ3v) is 12.1. The monoisotopic (exact) mass is 741 g/mol. The standard InChI is InChI=1S/C55H35NO2/c1-2-17-39(18-3-1)56(41-20-13-16-38(34-41)42-24-14-30-53-54(42)45-23-6-10-28-50(45)57-53)40-19-12-15-36(33-40)37-31-32-52-49(35-37)55(48-27-9-11-29-51(48)58-52)46-25-7-4-21-43(46)44-22-5-8-26-47(44)55/h1-35H. The number of hydrogen-bond acceptors (Lipinski definition) is 3. The maximum atomic E-state index is 6.74. The first kappa shape index (κ1) is 32.6. The van der Waals surface area contributed by atoms with Crippen molar-refractivity contribution in [2.75, 3.05) is 4.90 Å². The van der Waals surface area contributed by atoms with Gasteiger partial charge < -0.3 is 14.1 Å². The van der Waals surface area contributed by atoms with Crippen LogP contribution >= 0.6 is 0 Å². The smallest absolute Gasteiger partial charge is 0.136 e. The van der Waals surface area contributed by atoms with Crippen molar-refractivity contribution in [2.45, 2.75) is 5.41 Å². The van der Waals surface area contributed by atoms with Gasteiger partial charge >= 0.3 is 0 Å². The van der Waals surface area contributed by atoms with Crippen LogP contribution in [-0.2, 0) is 5.41 Å². The Bertz CT molecular complexity index is 3190. The van der Waals surface area contributed by atoms with Crippen LogP contribution < -0.4 is 9.64 Å². The number of ether oxygens (including phenoxy) is 1. The SMILES string of the molecule is c1ccc(N(c2cccc(-c3ccc4c(c3)C3(c5ccccc5O4)c4ccccc4-c4ccccc43)c2)c2cccc(-c3cccc4oc5ccccc5c34)c2)cc1. The second kappa shape index (κ2) is 12.7. The maximum absolute atomic E-state index is 6.74. The normalized spacial score (nSPS) is 13.1. The number of hydrogen-bond donors (Lipinski definition) is 0. The number of para-hydroxylation sites is 3. The van der Waals surface area contributed by atoms with Gasteiger partial charge in [0.15, 0.2) is 0 Å². The molecule has 0 unspecified atom stereocenters. The zero-order chi connectivity index (χ0) is 38.2. The largest absolute Gasteiger partial charge is 0.457 e. The van der Waals surface area contributed by atoms with Crippen LogP contribution in [0.5, 0.6) is 11.5 Å². The molecule has 0 bridgehead atoms. The van der Waals surface area contributed by atoms with Crippen molar-refractivity contribution >= 4 is 39.0 Å². The van der Waals surface area contributed by atoms with Gasteiger partial charge in [-0.1, -0.05) is 146 Å². The van der Waals surface area contributed by atoms with E-state index in [4.69, 9.17) is 9.15 Å². The van der Waals surface area contributed by atoms with Crippen LogP contribution in [0.4, 0.5) is 17.1 Å². The van der Waals surface area contributed by atoms with E-state index in [1.54, 1.807) is 0 Å². The minimum Gasteiger partial charge on any atom is -0.457 e. The van der Waals surface area contributed by atoms with Crippen LogP contribution in [0.2, 0.25) is 0 Å². The van der Waals surface area contributed by atoms with E-state index < -0.39 is 5.41 Å². The summed E-state index contributed by atoms with van der Waals surface area (Å²) in [6.45, 7) is 0. The maximum Gasteiger partial charge on any atom is 0.136 e.